The third-order valence-corrected chi connectivity index (χ3v) is 5.25. The fourth-order valence-electron chi connectivity index (χ4n) is 3.97. The van der Waals surface area contributed by atoms with E-state index in [1.54, 1.807) is 0 Å². The second kappa shape index (κ2) is 6.40. The molecule has 0 fully saturated rings. The van der Waals surface area contributed by atoms with E-state index in [1.165, 1.54) is 32.9 Å². The van der Waals surface area contributed by atoms with Crippen molar-refractivity contribution in [1.29, 1.82) is 0 Å². The highest BCUT2D eigenvalue weighted by atomic mass is 15.0. The lowest BCUT2D eigenvalue weighted by Crippen LogP contribution is -1.92. The van der Waals surface area contributed by atoms with Crippen LogP contribution in [0.15, 0.2) is 91.1 Å². The Morgan fingerprint density at radius 3 is 2.30 bits per heavy atom. The van der Waals surface area contributed by atoms with Crippen LogP contribution in [-0.4, -0.2) is 9.55 Å². The molecule has 0 amide bonds. The summed E-state index contributed by atoms with van der Waals surface area (Å²) in [4.78, 5) is 4.49. The maximum Gasteiger partial charge on any atom is 0.0702 e. The molecule has 2 heteroatoms. The van der Waals surface area contributed by atoms with Gasteiger partial charge in [-0.05, 0) is 54.4 Å². The van der Waals surface area contributed by atoms with Crippen molar-refractivity contribution < 1.29 is 0 Å². The van der Waals surface area contributed by atoms with Crippen LogP contribution in [-0.2, 0) is 6.54 Å². The summed E-state index contributed by atoms with van der Waals surface area (Å²) in [7, 11) is 0. The number of benzene rings is 3. The zero-order valence-electron chi connectivity index (χ0n) is 15.3. The predicted molar refractivity (Wildman–Crippen MR) is 114 cm³/mol. The first-order chi connectivity index (χ1) is 13.3. The first kappa shape index (κ1) is 15.8. The number of para-hydroxylation sites is 1. The van der Waals surface area contributed by atoms with E-state index < -0.39 is 0 Å². The minimum Gasteiger partial charge on any atom is -0.341 e. The molecule has 0 saturated carbocycles. The Balaban J connectivity index is 1.69. The molecule has 0 atom stereocenters. The number of hydrogen-bond acceptors (Lipinski definition) is 1. The van der Waals surface area contributed by atoms with Gasteiger partial charge in [0.05, 0.1) is 5.69 Å². The van der Waals surface area contributed by atoms with Crippen LogP contribution in [0.3, 0.4) is 0 Å². The van der Waals surface area contributed by atoms with Gasteiger partial charge in [-0.25, -0.2) is 0 Å². The van der Waals surface area contributed by atoms with Gasteiger partial charge in [0.2, 0.25) is 0 Å². The van der Waals surface area contributed by atoms with E-state index in [1.807, 2.05) is 18.3 Å². The SMILES string of the molecule is CCn1c2ccccc2c2cc(-c3cccc(-c4ccccn4)c3)ccc21. The molecule has 0 aliphatic rings. The molecule has 130 valence electrons. The monoisotopic (exact) mass is 348 g/mol. The third-order valence-electron chi connectivity index (χ3n) is 5.25. The van der Waals surface area contributed by atoms with Gasteiger partial charge >= 0.3 is 0 Å². The van der Waals surface area contributed by atoms with E-state index in [9.17, 15) is 0 Å². The Hall–Kier alpha value is -3.39. The van der Waals surface area contributed by atoms with Crippen LogP contribution < -0.4 is 0 Å². The fraction of sp³-hybridized carbons (Fsp3) is 0.0800. The summed E-state index contributed by atoms with van der Waals surface area (Å²) in [6.45, 7) is 3.18. The van der Waals surface area contributed by atoms with Crippen molar-refractivity contribution >= 4 is 21.8 Å². The summed E-state index contributed by atoms with van der Waals surface area (Å²) in [5.74, 6) is 0. The summed E-state index contributed by atoms with van der Waals surface area (Å²) in [5.41, 5.74) is 7.19. The quantitative estimate of drug-likeness (QED) is 0.362. The van der Waals surface area contributed by atoms with E-state index in [4.69, 9.17) is 0 Å². The smallest absolute Gasteiger partial charge is 0.0702 e. The van der Waals surface area contributed by atoms with Crippen LogP contribution in [0, 0.1) is 0 Å². The van der Waals surface area contributed by atoms with Crippen LogP contribution in [0.2, 0.25) is 0 Å². The average molecular weight is 348 g/mol. The molecule has 3 aromatic carbocycles. The summed E-state index contributed by atoms with van der Waals surface area (Å²) < 4.78 is 2.39. The predicted octanol–water partition coefficient (Wildman–Crippen LogP) is 6.54. The van der Waals surface area contributed by atoms with E-state index in [0.29, 0.717) is 0 Å². The molecule has 0 saturated heterocycles. The molecule has 2 nitrogen and oxygen atoms in total. The highest BCUT2D eigenvalue weighted by molar-refractivity contribution is 6.09. The first-order valence-corrected chi connectivity index (χ1v) is 9.38. The molecule has 2 aromatic heterocycles. The van der Waals surface area contributed by atoms with Crippen molar-refractivity contribution in [2.24, 2.45) is 0 Å². The van der Waals surface area contributed by atoms with Gasteiger partial charge in [0.15, 0.2) is 0 Å². The number of pyridine rings is 1. The van der Waals surface area contributed by atoms with E-state index in [2.05, 4.69) is 89.3 Å². The number of aryl methyl sites for hydroxylation is 1. The van der Waals surface area contributed by atoms with Gasteiger partial charge in [-0.3, -0.25) is 4.98 Å². The summed E-state index contributed by atoms with van der Waals surface area (Å²) in [5, 5.41) is 2.63. The van der Waals surface area contributed by atoms with Crippen LogP contribution in [0.5, 0.6) is 0 Å². The van der Waals surface area contributed by atoms with E-state index in [0.717, 1.165) is 17.8 Å². The van der Waals surface area contributed by atoms with Crippen molar-refractivity contribution in [2.45, 2.75) is 13.5 Å². The molecule has 2 heterocycles. The highest BCUT2D eigenvalue weighted by Gasteiger charge is 2.10. The molecule has 0 aliphatic carbocycles. The lowest BCUT2D eigenvalue weighted by atomic mass is 9.99. The third kappa shape index (κ3) is 2.61. The summed E-state index contributed by atoms with van der Waals surface area (Å²) in [6.07, 6.45) is 1.84. The Morgan fingerprint density at radius 1 is 0.667 bits per heavy atom. The van der Waals surface area contributed by atoms with Crippen LogP contribution in [0.4, 0.5) is 0 Å². The zero-order chi connectivity index (χ0) is 18.2. The molecule has 0 aliphatic heterocycles. The number of aromatic nitrogens is 2. The molecular formula is C25H20N2. The lowest BCUT2D eigenvalue weighted by molar-refractivity contribution is 0.827. The highest BCUT2D eigenvalue weighted by Crippen LogP contribution is 2.33. The van der Waals surface area contributed by atoms with E-state index in [-0.39, 0.29) is 0 Å². The average Bonchev–Trinajstić information content (AvgIpc) is 3.07. The molecule has 27 heavy (non-hydrogen) atoms. The molecule has 5 aromatic rings. The van der Waals surface area contributed by atoms with Gasteiger partial charge in [0.1, 0.15) is 0 Å². The molecule has 0 bridgehead atoms. The summed E-state index contributed by atoms with van der Waals surface area (Å²) >= 11 is 0. The van der Waals surface area contributed by atoms with Crippen LogP contribution in [0.25, 0.3) is 44.2 Å². The maximum absolute atomic E-state index is 4.49. The van der Waals surface area contributed by atoms with Gasteiger partial charge < -0.3 is 4.57 Å². The molecule has 0 unspecified atom stereocenters. The molecule has 5 rings (SSSR count). The molecule has 0 N–H and O–H groups in total. The number of rotatable bonds is 3. The van der Waals surface area contributed by atoms with Crippen LogP contribution >= 0.6 is 0 Å². The largest absolute Gasteiger partial charge is 0.341 e. The molecular weight excluding hydrogens is 328 g/mol. The number of nitrogens with zero attached hydrogens (tertiary/aromatic N) is 2. The van der Waals surface area contributed by atoms with Crippen molar-refractivity contribution in [3.05, 3.63) is 91.1 Å². The van der Waals surface area contributed by atoms with Gasteiger partial charge in [0, 0.05) is 40.1 Å². The molecule has 0 radical (unpaired) electrons. The van der Waals surface area contributed by atoms with Crippen molar-refractivity contribution in [3.8, 4) is 22.4 Å². The Labute approximate surface area is 158 Å². The minimum atomic E-state index is 0.971. The van der Waals surface area contributed by atoms with E-state index >= 15 is 0 Å². The number of fused-ring (bicyclic) bond motifs is 3. The minimum absolute atomic E-state index is 0.971. The van der Waals surface area contributed by atoms with Gasteiger partial charge in [-0.2, -0.15) is 0 Å². The fourth-order valence-corrected chi connectivity index (χ4v) is 3.97. The second-order valence-corrected chi connectivity index (χ2v) is 6.79. The number of hydrogen-bond donors (Lipinski definition) is 0. The topological polar surface area (TPSA) is 17.8 Å². The van der Waals surface area contributed by atoms with Crippen molar-refractivity contribution in [2.75, 3.05) is 0 Å². The van der Waals surface area contributed by atoms with Crippen molar-refractivity contribution in [1.82, 2.24) is 9.55 Å². The first-order valence-electron chi connectivity index (χ1n) is 9.38. The standard InChI is InChI=1S/C25H20N2/c1-2-27-24-12-4-3-10-21(24)22-17-19(13-14-25(22)27)18-8-7-9-20(16-18)23-11-5-6-15-26-23/h3-17H,2H2,1H3. The Morgan fingerprint density at radius 2 is 1.44 bits per heavy atom. The zero-order valence-corrected chi connectivity index (χ0v) is 15.3. The van der Waals surface area contributed by atoms with Gasteiger partial charge in [0.25, 0.3) is 0 Å². The second-order valence-electron chi connectivity index (χ2n) is 6.79. The maximum atomic E-state index is 4.49. The molecule has 0 spiro atoms. The Bertz CT molecular complexity index is 1250. The van der Waals surface area contributed by atoms with Gasteiger partial charge in [-0.1, -0.05) is 48.5 Å². The lowest BCUT2D eigenvalue weighted by Gasteiger charge is -2.07. The van der Waals surface area contributed by atoms with Crippen molar-refractivity contribution in [3.63, 3.8) is 0 Å². The van der Waals surface area contributed by atoms with Crippen LogP contribution in [0.1, 0.15) is 6.92 Å². The normalized spacial score (nSPS) is 11.3. The van der Waals surface area contributed by atoms with Gasteiger partial charge in [-0.15, -0.1) is 0 Å². The Kier molecular flexibility index (Phi) is 3.75. The summed E-state index contributed by atoms with van der Waals surface area (Å²) in [6, 6.07) is 30.1.